The van der Waals surface area contributed by atoms with Crippen LogP contribution in [0.5, 0.6) is 0 Å². The van der Waals surface area contributed by atoms with Crippen LogP contribution >= 0.6 is 34.8 Å². The van der Waals surface area contributed by atoms with E-state index in [1.165, 1.54) is 18.9 Å². The lowest BCUT2D eigenvalue weighted by atomic mass is 10.1. The minimum absolute atomic E-state index is 0.281. The number of hydrogen-bond acceptors (Lipinski definition) is 8. The van der Waals surface area contributed by atoms with Gasteiger partial charge in [-0.1, -0.05) is 34.8 Å². The average Bonchev–Trinajstić information content (AvgIpc) is 2.67. The van der Waals surface area contributed by atoms with Gasteiger partial charge in [-0.05, 0) is 47.5 Å². The first-order chi connectivity index (χ1) is 15.0. The van der Waals surface area contributed by atoms with Crippen molar-refractivity contribution in [2.75, 3.05) is 13.2 Å². The number of halogens is 3. The quantitative estimate of drug-likeness (QED) is 0.282. The third-order valence-electron chi connectivity index (χ3n) is 4.28. The summed E-state index contributed by atoms with van der Waals surface area (Å²) in [5, 5.41) is 15.8. The molecule has 11 nitrogen and oxygen atoms in total. The Morgan fingerprint density at radius 1 is 1.15 bits per heavy atom. The van der Waals surface area contributed by atoms with Gasteiger partial charge in [0.15, 0.2) is 0 Å². The van der Waals surface area contributed by atoms with Crippen molar-refractivity contribution in [1.82, 2.24) is 21.1 Å². The number of amides is 3. The molecule has 0 spiro atoms. The highest BCUT2D eigenvalue weighted by atomic mass is 35.6. The van der Waals surface area contributed by atoms with E-state index in [-0.39, 0.29) is 6.54 Å². The number of aliphatic hydroxyl groups excluding tert-OH is 1. The highest BCUT2D eigenvalue weighted by Crippen LogP contribution is 2.26. The van der Waals surface area contributed by atoms with Crippen molar-refractivity contribution in [3.63, 3.8) is 0 Å². The maximum atomic E-state index is 12.8. The Kier molecular flexibility index (Phi) is 11.0. The van der Waals surface area contributed by atoms with Crippen LogP contribution in [0.4, 0.5) is 4.79 Å². The van der Waals surface area contributed by atoms with Gasteiger partial charge in [-0.25, -0.2) is 10.2 Å². The largest absolute Gasteiger partial charge is 0.460 e. The Labute approximate surface area is 207 Å². The molecule has 0 aromatic rings. The van der Waals surface area contributed by atoms with Gasteiger partial charge < -0.3 is 25.2 Å². The zero-order valence-electron chi connectivity index (χ0n) is 19.1. The predicted octanol–water partition coefficient (Wildman–Crippen LogP) is 1.17. The van der Waals surface area contributed by atoms with Gasteiger partial charge in [0.25, 0.3) is 5.91 Å². The lowest BCUT2D eigenvalue weighted by Crippen LogP contribution is -2.61. The van der Waals surface area contributed by atoms with Gasteiger partial charge in [-0.2, -0.15) is 0 Å². The number of ether oxygens (including phenoxy) is 2. The smallest absolute Gasteiger partial charge is 0.408 e. The molecule has 0 aromatic heterocycles. The van der Waals surface area contributed by atoms with E-state index in [0.29, 0.717) is 12.8 Å². The lowest BCUT2D eigenvalue weighted by molar-refractivity contribution is -0.153. The molecule has 4 N–H and O–H groups in total. The van der Waals surface area contributed by atoms with Crippen LogP contribution in [0.25, 0.3) is 0 Å². The van der Waals surface area contributed by atoms with Crippen molar-refractivity contribution < 1.29 is 33.8 Å². The van der Waals surface area contributed by atoms with Crippen molar-refractivity contribution in [2.24, 2.45) is 0 Å². The van der Waals surface area contributed by atoms with Gasteiger partial charge in [0, 0.05) is 6.54 Å². The predicted molar refractivity (Wildman–Crippen MR) is 122 cm³/mol. The Morgan fingerprint density at radius 2 is 1.76 bits per heavy atom. The molecule has 4 unspecified atom stereocenters. The van der Waals surface area contributed by atoms with Crippen LogP contribution in [0.3, 0.4) is 0 Å². The molecule has 1 aliphatic heterocycles. The molecule has 1 aliphatic rings. The number of alkyl halides is 3. The second-order valence-corrected chi connectivity index (χ2v) is 11.1. The van der Waals surface area contributed by atoms with Gasteiger partial charge in [0.1, 0.15) is 30.3 Å². The van der Waals surface area contributed by atoms with Gasteiger partial charge >= 0.3 is 12.1 Å². The number of hydrazine groups is 1. The number of hydrogen-bond donors (Lipinski definition) is 4. The van der Waals surface area contributed by atoms with Crippen molar-refractivity contribution in [3.8, 4) is 0 Å². The Balaban J connectivity index is 2.70. The third kappa shape index (κ3) is 11.0. The van der Waals surface area contributed by atoms with Gasteiger partial charge in [0.2, 0.25) is 9.70 Å². The molecule has 14 heteroatoms. The fourth-order valence-electron chi connectivity index (χ4n) is 2.81. The first kappa shape index (κ1) is 29.5. The number of rotatable bonds is 7. The Bertz CT molecular complexity index is 725. The molecule has 33 heavy (non-hydrogen) atoms. The first-order valence-corrected chi connectivity index (χ1v) is 11.4. The van der Waals surface area contributed by atoms with Crippen LogP contribution in [0, 0.1) is 0 Å². The van der Waals surface area contributed by atoms with Crippen LogP contribution in [0.1, 0.15) is 47.5 Å². The van der Waals surface area contributed by atoms with E-state index in [1.54, 1.807) is 20.8 Å². The fourth-order valence-corrected chi connectivity index (χ4v) is 2.97. The molecular weight excluding hydrogens is 503 g/mol. The number of carbonyl (C=O) groups is 4. The van der Waals surface area contributed by atoms with E-state index in [2.05, 4.69) is 16.1 Å². The summed E-state index contributed by atoms with van der Waals surface area (Å²) in [5.74, 6) is -2.01. The van der Waals surface area contributed by atoms with Gasteiger partial charge in [-0.15, -0.1) is 0 Å². The normalized spacial score (nSPS) is 19.7. The van der Waals surface area contributed by atoms with Crippen LogP contribution in [0.2, 0.25) is 0 Å². The van der Waals surface area contributed by atoms with E-state index in [0.717, 1.165) is 0 Å². The molecule has 0 saturated carbocycles. The minimum Gasteiger partial charge on any atom is -0.460 e. The molecular formula is C19H31Cl3N4O7. The summed E-state index contributed by atoms with van der Waals surface area (Å²) in [6, 6.07) is -3.23. The monoisotopic (exact) mass is 532 g/mol. The van der Waals surface area contributed by atoms with Crippen molar-refractivity contribution in [1.29, 1.82) is 0 Å². The van der Waals surface area contributed by atoms with E-state index in [4.69, 9.17) is 44.3 Å². The van der Waals surface area contributed by atoms with Gasteiger partial charge in [0.05, 0.1) is 6.10 Å². The van der Waals surface area contributed by atoms with Crippen LogP contribution in [0.15, 0.2) is 0 Å². The lowest BCUT2D eigenvalue weighted by Gasteiger charge is -2.34. The minimum atomic E-state index is -1.76. The molecule has 3 amide bonds. The maximum Gasteiger partial charge on any atom is 0.408 e. The van der Waals surface area contributed by atoms with E-state index < -0.39 is 64.1 Å². The highest BCUT2D eigenvalue weighted by molar-refractivity contribution is 6.67. The van der Waals surface area contributed by atoms with Gasteiger partial charge in [-0.3, -0.25) is 19.4 Å². The molecule has 0 aliphatic carbocycles. The summed E-state index contributed by atoms with van der Waals surface area (Å²) in [6.07, 6.45) is -1.27. The Morgan fingerprint density at radius 3 is 2.27 bits per heavy atom. The summed E-state index contributed by atoms with van der Waals surface area (Å²) >= 11 is 16.7. The second-order valence-electron chi connectivity index (χ2n) is 8.63. The number of alkyl carbamates (subject to hydrolysis) is 1. The molecule has 0 bridgehead atoms. The summed E-state index contributed by atoms with van der Waals surface area (Å²) in [4.78, 5) is 49.5. The number of aliphatic hydroxyl groups is 1. The average molecular weight is 534 g/mol. The number of esters is 1. The Hall–Kier alpha value is -1.53. The molecule has 1 heterocycles. The molecule has 0 radical (unpaired) electrons. The molecule has 1 saturated heterocycles. The zero-order chi connectivity index (χ0) is 25.6. The topological polar surface area (TPSA) is 146 Å². The first-order valence-electron chi connectivity index (χ1n) is 10.3. The number of nitrogens with zero attached hydrogens (tertiary/aromatic N) is 1. The number of nitrogens with one attached hydrogen (secondary N) is 3. The number of carbonyl (C=O) groups excluding carboxylic acids is 4. The highest BCUT2D eigenvalue weighted by Gasteiger charge is 2.34. The summed E-state index contributed by atoms with van der Waals surface area (Å²) in [7, 11) is 0. The fraction of sp³-hybridized carbons (Fsp3) is 0.789. The maximum absolute atomic E-state index is 12.8. The summed E-state index contributed by atoms with van der Waals surface area (Å²) in [6.45, 7) is 7.53. The molecule has 1 fully saturated rings. The van der Waals surface area contributed by atoms with Crippen molar-refractivity contribution in [2.45, 2.75) is 81.1 Å². The van der Waals surface area contributed by atoms with Crippen LogP contribution < -0.4 is 16.1 Å². The molecule has 0 aromatic carbocycles. The van der Waals surface area contributed by atoms with Crippen molar-refractivity contribution in [3.05, 3.63) is 0 Å². The van der Waals surface area contributed by atoms with Crippen LogP contribution in [-0.4, -0.2) is 80.8 Å². The SMILES string of the molecule is CC(NC(=O)C(NC(=O)OC(C)(C)C)C(C)O)C(=O)N1CCCC(C(=O)OCC(Cl)(Cl)Cl)N1. The van der Waals surface area contributed by atoms with E-state index in [9.17, 15) is 24.3 Å². The van der Waals surface area contributed by atoms with Crippen LogP contribution in [-0.2, 0) is 23.9 Å². The molecule has 4 atom stereocenters. The molecule has 1 rings (SSSR count). The van der Waals surface area contributed by atoms with E-state index in [1.807, 2.05) is 0 Å². The standard InChI is InChI=1S/C19H31Cl3N4O7/c1-10(23-14(28)13(11(2)27)24-17(31)33-18(3,4)5)15(29)26-8-6-7-12(25-26)16(30)32-9-19(20,21)22/h10-13,25,27H,6-9H2,1-5H3,(H,23,28)(H,24,31). The second kappa shape index (κ2) is 12.3. The zero-order valence-corrected chi connectivity index (χ0v) is 21.4. The summed E-state index contributed by atoms with van der Waals surface area (Å²) in [5.41, 5.74) is 1.94. The third-order valence-corrected chi connectivity index (χ3v) is 4.61. The van der Waals surface area contributed by atoms with Crippen molar-refractivity contribution >= 4 is 58.7 Å². The van der Waals surface area contributed by atoms with E-state index >= 15 is 0 Å². The molecule has 190 valence electrons. The summed E-state index contributed by atoms with van der Waals surface area (Å²) < 4.78 is 8.28.